The highest BCUT2D eigenvalue weighted by Gasteiger charge is 2.36. The Hall–Kier alpha value is -2.82. The number of carbonyl (C=O) groups is 2. The van der Waals surface area contributed by atoms with Crippen molar-refractivity contribution in [1.82, 2.24) is 4.90 Å². The molecule has 2 aromatic carbocycles. The third-order valence-electron chi connectivity index (χ3n) is 4.19. The van der Waals surface area contributed by atoms with Crippen molar-refractivity contribution in [1.29, 1.82) is 0 Å². The van der Waals surface area contributed by atoms with Crippen molar-refractivity contribution < 1.29 is 19.1 Å². The summed E-state index contributed by atoms with van der Waals surface area (Å²) in [5, 5.41) is 0. The highest BCUT2D eigenvalue weighted by atomic mass is 16.6. The molecule has 0 bridgehead atoms. The fourth-order valence-corrected chi connectivity index (χ4v) is 2.86. The van der Waals surface area contributed by atoms with Crippen molar-refractivity contribution in [3.05, 3.63) is 71.8 Å². The van der Waals surface area contributed by atoms with E-state index in [9.17, 15) is 9.59 Å². The number of nitrogens with zero attached hydrogens (tertiary/aromatic N) is 1. The lowest BCUT2D eigenvalue weighted by Crippen LogP contribution is -2.41. The lowest BCUT2D eigenvalue weighted by atomic mass is 10.2. The van der Waals surface area contributed by atoms with Gasteiger partial charge in [0, 0.05) is 6.54 Å². The molecule has 1 heterocycles. The summed E-state index contributed by atoms with van der Waals surface area (Å²) in [5.41, 5.74) is 1.84. The van der Waals surface area contributed by atoms with Crippen LogP contribution in [0, 0.1) is 0 Å². The smallest absolute Gasteiger partial charge is 0.410 e. The van der Waals surface area contributed by atoms with E-state index in [1.165, 1.54) is 4.90 Å². The molecule has 2 aromatic rings. The van der Waals surface area contributed by atoms with Gasteiger partial charge >= 0.3 is 12.1 Å². The zero-order valence-electron chi connectivity index (χ0n) is 14.0. The van der Waals surface area contributed by atoms with E-state index in [2.05, 4.69) is 0 Å². The molecule has 0 N–H and O–H groups in total. The maximum absolute atomic E-state index is 12.3. The highest BCUT2D eigenvalue weighted by molar-refractivity contribution is 5.82. The fourth-order valence-electron chi connectivity index (χ4n) is 2.86. The first-order chi connectivity index (χ1) is 12.2. The molecule has 1 saturated heterocycles. The first kappa shape index (κ1) is 17.0. The summed E-state index contributed by atoms with van der Waals surface area (Å²) in [6.07, 6.45) is 0.905. The lowest BCUT2D eigenvalue weighted by molar-refractivity contribution is -0.149. The number of ether oxygens (including phenoxy) is 2. The van der Waals surface area contributed by atoms with Crippen molar-refractivity contribution in [2.75, 3.05) is 6.54 Å². The first-order valence-electron chi connectivity index (χ1n) is 8.42. The minimum atomic E-state index is -0.563. The topological polar surface area (TPSA) is 55.8 Å². The average molecular weight is 339 g/mol. The maximum atomic E-state index is 12.3. The van der Waals surface area contributed by atoms with Gasteiger partial charge in [0.05, 0.1) is 0 Å². The molecule has 1 atom stereocenters. The molecule has 1 aliphatic heterocycles. The molecular formula is C20H21NO4. The Labute approximate surface area is 147 Å². The van der Waals surface area contributed by atoms with Gasteiger partial charge in [-0.05, 0) is 24.0 Å². The normalized spacial score (nSPS) is 16.5. The minimum absolute atomic E-state index is 0.196. The molecule has 0 aliphatic carbocycles. The Kier molecular flexibility index (Phi) is 5.67. The van der Waals surface area contributed by atoms with Crippen LogP contribution >= 0.6 is 0 Å². The maximum Gasteiger partial charge on any atom is 0.410 e. The summed E-state index contributed by atoms with van der Waals surface area (Å²) in [4.78, 5) is 26.1. The number of rotatable bonds is 5. The molecule has 1 fully saturated rings. The van der Waals surface area contributed by atoms with Crippen molar-refractivity contribution in [2.45, 2.75) is 32.1 Å². The third-order valence-corrected chi connectivity index (χ3v) is 4.19. The largest absolute Gasteiger partial charge is 0.459 e. The van der Waals surface area contributed by atoms with Gasteiger partial charge in [0.15, 0.2) is 0 Å². The van der Waals surface area contributed by atoms with Gasteiger partial charge in [0.1, 0.15) is 19.3 Å². The predicted molar refractivity (Wildman–Crippen MR) is 92.6 cm³/mol. The molecule has 0 spiro atoms. The minimum Gasteiger partial charge on any atom is -0.459 e. The van der Waals surface area contributed by atoms with E-state index in [1.807, 2.05) is 60.7 Å². The first-order valence-corrected chi connectivity index (χ1v) is 8.42. The summed E-state index contributed by atoms with van der Waals surface area (Å²) in [6.45, 7) is 0.920. The second-order valence-electron chi connectivity index (χ2n) is 5.98. The number of hydrogen-bond donors (Lipinski definition) is 0. The van der Waals surface area contributed by atoms with Crippen molar-refractivity contribution in [2.24, 2.45) is 0 Å². The summed E-state index contributed by atoms with van der Waals surface area (Å²) >= 11 is 0. The molecular weight excluding hydrogens is 318 g/mol. The van der Waals surface area contributed by atoms with E-state index >= 15 is 0 Å². The predicted octanol–water partition coefficient (Wildman–Crippen LogP) is 3.53. The van der Waals surface area contributed by atoms with Gasteiger partial charge in [-0.25, -0.2) is 9.59 Å². The van der Waals surface area contributed by atoms with E-state index in [4.69, 9.17) is 9.47 Å². The van der Waals surface area contributed by atoms with Crippen LogP contribution in [0.1, 0.15) is 24.0 Å². The second kappa shape index (κ2) is 8.33. The van der Waals surface area contributed by atoms with E-state index in [0.717, 1.165) is 17.5 Å². The third kappa shape index (κ3) is 4.59. The standard InChI is InChI=1S/C20H21NO4/c22-19(24-14-16-8-3-1-4-9-16)18-12-7-13-21(18)20(23)25-15-17-10-5-2-6-11-17/h1-6,8-11,18H,7,12-15H2/t18-/m0/s1. The van der Waals surface area contributed by atoms with Gasteiger partial charge in [0.2, 0.25) is 0 Å². The Balaban J connectivity index is 1.52. The Morgan fingerprint density at radius 2 is 1.44 bits per heavy atom. The van der Waals surface area contributed by atoms with Gasteiger partial charge in [-0.2, -0.15) is 0 Å². The molecule has 1 aliphatic rings. The Morgan fingerprint density at radius 1 is 0.880 bits per heavy atom. The molecule has 0 saturated carbocycles. The number of carbonyl (C=O) groups excluding carboxylic acids is 2. The molecule has 5 heteroatoms. The number of likely N-dealkylation sites (tertiary alicyclic amines) is 1. The number of hydrogen-bond acceptors (Lipinski definition) is 4. The van der Waals surface area contributed by atoms with Crippen LogP contribution in [0.5, 0.6) is 0 Å². The monoisotopic (exact) mass is 339 g/mol. The zero-order chi connectivity index (χ0) is 17.5. The molecule has 130 valence electrons. The van der Waals surface area contributed by atoms with Crippen molar-refractivity contribution in [3.8, 4) is 0 Å². The van der Waals surface area contributed by atoms with Gasteiger partial charge < -0.3 is 9.47 Å². The van der Waals surface area contributed by atoms with Gasteiger partial charge in [0.25, 0.3) is 0 Å². The fraction of sp³-hybridized carbons (Fsp3) is 0.300. The number of esters is 1. The quantitative estimate of drug-likeness (QED) is 0.782. The summed E-state index contributed by atoms with van der Waals surface area (Å²) in [5.74, 6) is -0.377. The van der Waals surface area contributed by atoms with Crippen molar-refractivity contribution >= 4 is 12.1 Å². The number of amides is 1. The van der Waals surface area contributed by atoms with Crippen molar-refractivity contribution in [3.63, 3.8) is 0 Å². The zero-order valence-corrected chi connectivity index (χ0v) is 14.0. The van der Waals surface area contributed by atoms with E-state index in [1.54, 1.807) is 0 Å². The average Bonchev–Trinajstić information content (AvgIpc) is 3.16. The second-order valence-corrected chi connectivity index (χ2v) is 5.98. The Bertz CT molecular complexity index is 641. The molecule has 25 heavy (non-hydrogen) atoms. The molecule has 5 nitrogen and oxygen atoms in total. The van der Waals surface area contributed by atoms with Crippen LogP contribution in [0.15, 0.2) is 60.7 Å². The SMILES string of the molecule is O=C(OCc1ccccc1)[C@@H]1CCCN1C(=O)OCc1ccccc1. The van der Waals surface area contributed by atoms with E-state index in [-0.39, 0.29) is 19.2 Å². The van der Waals surface area contributed by atoms with Crippen LogP contribution in [-0.2, 0) is 27.5 Å². The van der Waals surface area contributed by atoms with Crippen LogP contribution in [0.25, 0.3) is 0 Å². The van der Waals surface area contributed by atoms with Gasteiger partial charge in [-0.15, -0.1) is 0 Å². The van der Waals surface area contributed by atoms with E-state index < -0.39 is 12.1 Å². The summed E-state index contributed by atoms with van der Waals surface area (Å²) < 4.78 is 10.7. The Morgan fingerprint density at radius 3 is 2.04 bits per heavy atom. The van der Waals surface area contributed by atoms with Crippen LogP contribution < -0.4 is 0 Å². The van der Waals surface area contributed by atoms with Crippen LogP contribution in [0.3, 0.4) is 0 Å². The van der Waals surface area contributed by atoms with Crippen LogP contribution in [0.2, 0.25) is 0 Å². The lowest BCUT2D eigenvalue weighted by Gasteiger charge is -2.22. The van der Waals surface area contributed by atoms with E-state index in [0.29, 0.717) is 13.0 Å². The number of benzene rings is 2. The molecule has 0 unspecified atom stereocenters. The van der Waals surface area contributed by atoms with Gasteiger partial charge in [-0.3, -0.25) is 4.90 Å². The molecule has 3 rings (SSSR count). The highest BCUT2D eigenvalue weighted by Crippen LogP contribution is 2.20. The van der Waals surface area contributed by atoms with Crippen LogP contribution in [0.4, 0.5) is 4.79 Å². The summed E-state index contributed by atoms with van der Waals surface area (Å²) in [6, 6.07) is 18.4. The molecule has 0 radical (unpaired) electrons. The van der Waals surface area contributed by atoms with Crippen LogP contribution in [-0.4, -0.2) is 29.5 Å². The summed E-state index contributed by atoms with van der Waals surface area (Å²) in [7, 11) is 0. The molecule has 0 aromatic heterocycles. The molecule has 1 amide bonds. The van der Waals surface area contributed by atoms with Gasteiger partial charge in [-0.1, -0.05) is 60.7 Å².